The Morgan fingerprint density at radius 2 is 2.07 bits per heavy atom. The maximum Gasteiger partial charge on any atom is 0.161 e. The highest BCUT2D eigenvalue weighted by molar-refractivity contribution is 5.49. The van der Waals surface area contributed by atoms with E-state index in [9.17, 15) is 0 Å². The molecule has 1 fully saturated rings. The highest BCUT2D eigenvalue weighted by atomic mass is 16.5. The smallest absolute Gasteiger partial charge is 0.161 e. The van der Waals surface area contributed by atoms with Crippen LogP contribution >= 0.6 is 0 Å². The third-order valence-electron chi connectivity index (χ3n) is 5.45. The first kappa shape index (κ1) is 19.5. The van der Waals surface area contributed by atoms with E-state index >= 15 is 0 Å². The van der Waals surface area contributed by atoms with Crippen LogP contribution in [0, 0.1) is 6.92 Å². The Morgan fingerprint density at radius 1 is 1.21 bits per heavy atom. The van der Waals surface area contributed by atoms with Gasteiger partial charge in [0.1, 0.15) is 5.82 Å². The molecule has 3 aromatic rings. The highest BCUT2D eigenvalue weighted by Crippen LogP contribution is 2.31. The average molecular weight is 396 g/mol. The molecular formula is C22H29N5O2. The zero-order valence-electron chi connectivity index (χ0n) is 17.4. The fourth-order valence-electron chi connectivity index (χ4n) is 4.13. The zero-order chi connectivity index (χ0) is 20.4. The van der Waals surface area contributed by atoms with Crippen molar-refractivity contribution in [1.29, 1.82) is 0 Å². The molecule has 1 aliphatic heterocycles. The van der Waals surface area contributed by atoms with Gasteiger partial charge in [-0.25, -0.2) is 4.98 Å². The molecular weight excluding hydrogens is 366 g/mol. The number of fused-ring (bicyclic) bond motifs is 1. The third kappa shape index (κ3) is 4.15. The third-order valence-corrected chi connectivity index (χ3v) is 5.45. The Morgan fingerprint density at radius 3 is 2.86 bits per heavy atom. The summed E-state index contributed by atoms with van der Waals surface area (Å²) in [7, 11) is 1.67. The SMILES string of the molecule is CCOc1cc(CN2CCCC(c3cc(N)n4nc(C)cc4n3)C2)ccc1OC. The van der Waals surface area contributed by atoms with Gasteiger partial charge in [0.2, 0.25) is 0 Å². The monoisotopic (exact) mass is 395 g/mol. The Balaban J connectivity index is 1.51. The van der Waals surface area contributed by atoms with Gasteiger partial charge in [0, 0.05) is 31.1 Å². The number of nitrogens with two attached hydrogens (primary N) is 1. The first-order chi connectivity index (χ1) is 14.1. The van der Waals surface area contributed by atoms with Gasteiger partial charge >= 0.3 is 0 Å². The molecule has 1 atom stereocenters. The number of nitrogens with zero attached hydrogens (tertiary/aromatic N) is 4. The Kier molecular flexibility index (Phi) is 5.58. The summed E-state index contributed by atoms with van der Waals surface area (Å²) in [6.07, 6.45) is 2.27. The number of ether oxygens (including phenoxy) is 2. The van der Waals surface area contributed by atoms with E-state index in [2.05, 4.69) is 22.1 Å². The van der Waals surface area contributed by atoms with Gasteiger partial charge in [-0.1, -0.05) is 6.07 Å². The summed E-state index contributed by atoms with van der Waals surface area (Å²) >= 11 is 0. The lowest BCUT2D eigenvalue weighted by Gasteiger charge is -2.32. The van der Waals surface area contributed by atoms with Crippen molar-refractivity contribution >= 4 is 11.5 Å². The second-order valence-corrected chi connectivity index (χ2v) is 7.65. The average Bonchev–Trinajstić information content (AvgIpc) is 3.10. The molecule has 0 aliphatic carbocycles. The minimum atomic E-state index is 0.371. The molecule has 7 heteroatoms. The molecule has 29 heavy (non-hydrogen) atoms. The molecule has 0 radical (unpaired) electrons. The van der Waals surface area contributed by atoms with E-state index in [-0.39, 0.29) is 0 Å². The molecule has 1 unspecified atom stereocenters. The number of piperidine rings is 1. The first-order valence-corrected chi connectivity index (χ1v) is 10.2. The molecule has 0 amide bonds. The Hall–Kier alpha value is -2.80. The predicted octanol–water partition coefficient (Wildman–Crippen LogP) is 3.41. The van der Waals surface area contributed by atoms with Crippen molar-refractivity contribution in [2.24, 2.45) is 0 Å². The molecule has 0 bridgehead atoms. The van der Waals surface area contributed by atoms with Crippen molar-refractivity contribution < 1.29 is 9.47 Å². The number of hydrogen-bond acceptors (Lipinski definition) is 6. The number of nitrogen functional groups attached to an aromatic ring is 1. The molecule has 1 aliphatic rings. The van der Waals surface area contributed by atoms with Crippen LogP contribution in [0.5, 0.6) is 11.5 Å². The standard InChI is InChI=1S/C22H29N5O2/c1-4-29-20-11-16(7-8-19(20)28-3)13-26-9-5-6-17(14-26)18-12-21(23)27-22(24-18)10-15(2)25-27/h7-8,10-12,17H,4-6,9,13-14,23H2,1-3H3. The first-order valence-electron chi connectivity index (χ1n) is 10.2. The lowest BCUT2D eigenvalue weighted by molar-refractivity contribution is 0.198. The van der Waals surface area contributed by atoms with Gasteiger partial charge in [-0.15, -0.1) is 0 Å². The summed E-state index contributed by atoms with van der Waals surface area (Å²) < 4.78 is 12.8. The number of hydrogen-bond donors (Lipinski definition) is 1. The number of aryl methyl sites for hydroxylation is 1. The summed E-state index contributed by atoms with van der Waals surface area (Å²) in [5.41, 5.74) is 10.3. The molecule has 7 nitrogen and oxygen atoms in total. The second kappa shape index (κ2) is 8.29. The van der Waals surface area contributed by atoms with E-state index in [0.717, 1.165) is 61.0 Å². The summed E-state index contributed by atoms with van der Waals surface area (Å²) in [6.45, 7) is 7.49. The van der Waals surface area contributed by atoms with E-state index in [0.29, 0.717) is 18.3 Å². The highest BCUT2D eigenvalue weighted by Gasteiger charge is 2.24. The van der Waals surface area contributed by atoms with E-state index in [1.807, 2.05) is 32.0 Å². The van der Waals surface area contributed by atoms with Crippen molar-refractivity contribution in [3.8, 4) is 11.5 Å². The molecule has 1 saturated heterocycles. The van der Waals surface area contributed by atoms with Crippen LogP contribution in [0.4, 0.5) is 5.82 Å². The van der Waals surface area contributed by atoms with Gasteiger partial charge in [-0.3, -0.25) is 4.90 Å². The van der Waals surface area contributed by atoms with Crippen LogP contribution in [0.1, 0.15) is 42.6 Å². The van der Waals surface area contributed by atoms with Crippen molar-refractivity contribution in [3.05, 3.63) is 47.3 Å². The normalized spacial score (nSPS) is 17.6. The molecule has 0 saturated carbocycles. The van der Waals surface area contributed by atoms with Crippen LogP contribution in [0.3, 0.4) is 0 Å². The molecule has 1 aromatic carbocycles. The number of methoxy groups -OCH3 is 1. The lowest BCUT2D eigenvalue weighted by atomic mass is 9.94. The van der Waals surface area contributed by atoms with Crippen LogP contribution in [0.15, 0.2) is 30.3 Å². The van der Waals surface area contributed by atoms with Gasteiger partial charge in [0.15, 0.2) is 17.1 Å². The van der Waals surface area contributed by atoms with Crippen molar-refractivity contribution in [2.75, 3.05) is 32.5 Å². The number of likely N-dealkylation sites (tertiary alicyclic amines) is 1. The quantitative estimate of drug-likeness (QED) is 0.689. The molecule has 0 spiro atoms. The van der Waals surface area contributed by atoms with Crippen LogP contribution < -0.4 is 15.2 Å². The number of aromatic nitrogens is 3. The fourth-order valence-corrected chi connectivity index (χ4v) is 4.13. The van der Waals surface area contributed by atoms with Gasteiger partial charge in [0.25, 0.3) is 0 Å². The molecule has 154 valence electrons. The van der Waals surface area contributed by atoms with Gasteiger partial charge in [-0.05, 0) is 50.9 Å². The maximum atomic E-state index is 6.23. The summed E-state index contributed by atoms with van der Waals surface area (Å²) in [6, 6.07) is 10.1. The number of rotatable bonds is 6. The molecule has 4 rings (SSSR count). The van der Waals surface area contributed by atoms with E-state index < -0.39 is 0 Å². The molecule has 2 aromatic heterocycles. The van der Waals surface area contributed by atoms with Crippen LogP contribution in [-0.4, -0.2) is 46.3 Å². The Bertz CT molecular complexity index is 1000. The zero-order valence-corrected chi connectivity index (χ0v) is 17.4. The number of benzene rings is 1. The molecule has 2 N–H and O–H groups in total. The summed E-state index contributed by atoms with van der Waals surface area (Å²) in [5, 5.41) is 4.40. The van der Waals surface area contributed by atoms with Gasteiger partial charge < -0.3 is 15.2 Å². The van der Waals surface area contributed by atoms with Crippen molar-refractivity contribution in [3.63, 3.8) is 0 Å². The van der Waals surface area contributed by atoms with E-state index in [1.54, 1.807) is 11.6 Å². The van der Waals surface area contributed by atoms with Gasteiger partial charge in [-0.2, -0.15) is 9.61 Å². The maximum absolute atomic E-state index is 6.23. The minimum absolute atomic E-state index is 0.371. The minimum Gasteiger partial charge on any atom is -0.493 e. The summed E-state index contributed by atoms with van der Waals surface area (Å²) in [5.74, 6) is 2.59. The topological polar surface area (TPSA) is 77.9 Å². The van der Waals surface area contributed by atoms with Crippen LogP contribution in [0.2, 0.25) is 0 Å². The van der Waals surface area contributed by atoms with Gasteiger partial charge in [0.05, 0.1) is 25.1 Å². The van der Waals surface area contributed by atoms with Crippen LogP contribution in [-0.2, 0) is 6.54 Å². The summed E-state index contributed by atoms with van der Waals surface area (Å²) in [4.78, 5) is 7.32. The largest absolute Gasteiger partial charge is 0.493 e. The molecule has 3 heterocycles. The van der Waals surface area contributed by atoms with Crippen LogP contribution in [0.25, 0.3) is 5.65 Å². The lowest BCUT2D eigenvalue weighted by Crippen LogP contribution is -2.34. The fraction of sp³-hybridized carbons (Fsp3) is 0.455. The predicted molar refractivity (Wildman–Crippen MR) is 114 cm³/mol. The van der Waals surface area contributed by atoms with Crippen molar-refractivity contribution in [1.82, 2.24) is 19.5 Å². The number of anilines is 1. The van der Waals surface area contributed by atoms with E-state index in [1.165, 1.54) is 5.56 Å². The second-order valence-electron chi connectivity index (χ2n) is 7.65. The van der Waals surface area contributed by atoms with E-state index in [4.69, 9.17) is 20.2 Å². The Labute approximate surface area is 171 Å². The van der Waals surface area contributed by atoms with Crippen molar-refractivity contribution in [2.45, 2.75) is 39.2 Å².